The van der Waals surface area contributed by atoms with Crippen molar-refractivity contribution in [1.82, 2.24) is 0 Å². The molecule has 0 saturated heterocycles. The maximum absolute atomic E-state index is 9.61. The summed E-state index contributed by atoms with van der Waals surface area (Å²) in [6.45, 7) is 0. The van der Waals surface area contributed by atoms with Gasteiger partial charge in [-0.3, -0.25) is 0 Å². The van der Waals surface area contributed by atoms with E-state index in [1.54, 1.807) is 19.2 Å². The Morgan fingerprint density at radius 3 is 2.69 bits per heavy atom. The van der Waals surface area contributed by atoms with E-state index in [0.717, 1.165) is 17.9 Å². The van der Waals surface area contributed by atoms with Crippen molar-refractivity contribution in [3.63, 3.8) is 0 Å². The molecule has 0 spiro atoms. The topological polar surface area (TPSA) is 55.5 Å². The second kappa shape index (κ2) is 5.41. The maximum Gasteiger partial charge on any atom is 0.160 e. The van der Waals surface area contributed by atoms with Gasteiger partial charge in [0.1, 0.15) is 0 Å². The van der Waals surface area contributed by atoms with E-state index in [1.165, 1.54) is 12.8 Å². The molecule has 1 aliphatic carbocycles. The summed E-state index contributed by atoms with van der Waals surface area (Å²) in [7, 11) is 1.54. The van der Waals surface area contributed by atoms with Gasteiger partial charge in [-0.2, -0.15) is 0 Å². The van der Waals surface area contributed by atoms with Gasteiger partial charge in [0.25, 0.3) is 0 Å². The predicted octanol–water partition coefficient (Wildman–Crippen LogP) is 2.62. The lowest BCUT2D eigenvalue weighted by Gasteiger charge is -2.12. The first-order chi connectivity index (χ1) is 7.20. The fourth-order valence-corrected chi connectivity index (χ4v) is 1.79. The van der Waals surface area contributed by atoms with Crippen molar-refractivity contribution < 1.29 is 9.84 Å². The van der Waals surface area contributed by atoms with Gasteiger partial charge in [0.15, 0.2) is 11.5 Å². The van der Waals surface area contributed by atoms with Gasteiger partial charge in [0.05, 0.1) is 7.11 Å². The van der Waals surface area contributed by atoms with Crippen LogP contribution in [0.3, 0.4) is 0 Å². The minimum absolute atomic E-state index is 0. The molecule has 1 aromatic rings. The van der Waals surface area contributed by atoms with E-state index in [0.29, 0.717) is 5.75 Å². The summed E-state index contributed by atoms with van der Waals surface area (Å²) in [4.78, 5) is 0. The summed E-state index contributed by atoms with van der Waals surface area (Å²) in [5, 5.41) is 9.61. The molecule has 3 N–H and O–H groups in total. The Morgan fingerprint density at radius 1 is 1.50 bits per heavy atom. The van der Waals surface area contributed by atoms with Gasteiger partial charge in [-0.15, -0.1) is 12.4 Å². The van der Waals surface area contributed by atoms with Crippen LogP contribution in [0.5, 0.6) is 11.5 Å². The summed E-state index contributed by atoms with van der Waals surface area (Å²) < 4.78 is 4.98. The van der Waals surface area contributed by atoms with Crippen molar-refractivity contribution in [1.29, 1.82) is 0 Å². The highest BCUT2D eigenvalue weighted by atomic mass is 35.5. The molecule has 0 aliphatic heterocycles. The quantitative estimate of drug-likeness (QED) is 0.855. The molecule has 1 aromatic carbocycles. The fourth-order valence-electron chi connectivity index (χ4n) is 1.79. The molecule has 0 radical (unpaired) electrons. The Kier molecular flexibility index (Phi) is 4.44. The first kappa shape index (κ1) is 13.1. The van der Waals surface area contributed by atoms with Crippen LogP contribution in [0.1, 0.15) is 30.9 Å². The van der Waals surface area contributed by atoms with E-state index in [1.807, 2.05) is 6.07 Å². The second-order valence-corrected chi connectivity index (χ2v) is 4.22. The van der Waals surface area contributed by atoms with Crippen molar-refractivity contribution >= 4 is 12.4 Å². The molecule has 0 amide bonds. The van der Waals surface area contributed by atoms with Gasteiger partial charge in [-0.05, 0) is 30.0 Å². The van der Waals surface area contributed by atoms with Crippen molar-refractivity contribution in [2.75, 3.05) is 7.11 Å². The molecule has 0 aromatic heterocycles. The highest BCUT2D eigenvalue weighted by Gasteiger charge is 2.24. The Hall–Kier alpha value is -0.930. The number of nitrogens with two attached hydrogens (primary N) is 1. The molecule has 4 heteroatoms. The van der Waals surface area contributed by atoms with Crippen LogP contribution >= 0.6 is 12.4 Å². The minimum Gasteiger partial charge on any atom is -0.504 e. The predicted molar refractivity (Wildman–Crippen MR) is 66.2 cm³/mol. The number of aromatic hydroxyl groups is 1. The first-order valence-electron chi connectivity index (χ1n) is 5.33. The lowest BCUT2D eigenvalue weighted by Crippen LogP contribution is -2.10. The lowest BCUT2D eigenvalue weighted by atomic mass is 10.0. The number of hydrogen-bond acceptors (Lipinski definition) is 3. The Labute approximate surface area is 102 Å². The summed E-state index contributed by atoms with van der Waals surface area (Å²) in [6.07, 6.45) is 3.62. The minimum atomic E-state index is 0. The van der Waals surface area contributed by atoms with E-state index in [-0.39, 0.29) is 24.2 Å². The summed E-state index contributed by atoms with van der Waals surface area (Å²) >= 11 is 0. The molecule has 1 saturated carbocycles. The zero-order valence-electron chi connectivity index (χ0n) is 9.35. The van der Waals surface area contributed by atoms with Crippen LogP contribution in [-0.2, 0) is 0 Å². The Morgan fingerprint density at radius 2 is 2.19 bits per heavy atom. The Bertz CT molecular complexity index is 353. The molecule has 1 fully saturated rings. The van der Waals surface area contributed by atoms with E-state index in [2.05, 4.69) is 0 Å². The van der Waals surface area contributed by atoms with Gasteiger partial charge in [0.2, 0.25) is 0 Å². The molecule has 0 heterocycles. The number of methoxy groups -OCH3 is 1. The van der Waals surface area contributed by atoms with E-state index in [4.69, 9.17) is 10.5 Å². The van der Waals surface area contributed by atoms with Gasteiger partial charge >= 0.3 is 0 Å². The van der Waals surface area contributed by atoms with E-state index in [9.17, 15) is 5.11 Å². The highest BCUT2D eigenvalue weighted by Crippen LogP contribution is 2.38. The van der Waals surface area contributed by atoms with Crippen LogP contribution in [0.15, 0.2) is 18.2 Å². The maximum atomic E-state index is 9.61. The van der Waals surface area contributed by atoms with Crippen molar-refractivity contribution in [3.8, 4) is 11.5 Å². The third kappa shape index (κ3) is 3.03. The van der Waals surface area contributed by atoms with Crippen LogP contribution in [0.4, 0.5) is 0 Å². The zero-order valence-corrected chi connectivity index (χ0v) is 10.2. The highest BCUT2D eigenvalue weighted by molar-refractivity contribution is 5.85. The number of rotatable bonds is 4. The van der Waals surface area contributed by atoms with Gasteiger partial charge in [-0.25, -0.2) is 0 Å². The number of phenols is 1. The summed E-state index contributed by atoms with van der Waals surface area (Å²) in [6, 6.07) is 5.42. The van der Waals surface area contributed by atoms with Crippen molar-refractivity contribution in [3.05, 3.63) is 23.8 Å². The average molecular weight is 244 g/mol. The largest absolute Gasteiger partial charge is 0.504 e. The SMILES string of the molecule is COc1ccc([C@H](N)CC2CC2)cc1O.Cl. The standard InChI is InChI=1S/C12H17NO2.ClH/c1-15-12-5-4-9(7-11(12)14)10(13)6-8-2-3-8;/h4-5,7-8,10,14H,2-3,6,13H2,1H3;1H/t10-;/m1./s1. The summed E-state index contributed by atoms with van der Waals surface area (Å²) in [5.74, 6) is 1.46. The fraction of sp³-hybridized carbons (Fsp3) is 0.500. The first-order valence-corrected chi connectivity index (χ1v) is 5.33. The number of phenolic OH excluding ortho intramolecular Hbond substituents is 1. The molecule has 0 unspecified atom stereocenters. The number of halogens is 1. The van der Waals surface area contributed by atoms with Crippen LogP contribution < -0.4 is 10.5 Å². The third-order valence-corrected chi connectivity index (χ3v) is 2.92. The Balaban J connectivity index is 0.00000128. The van der Waals surface area contributed by atoms with Gasteiger partial charge in [0, 0.05) is 6.04 Å². The van der Waals surface area contributed by atoms with Crippen molar-refractivity contribution in [2.45, 2.75) is 25.3 Å². The molecule has 90 valence electrons. The normalized spacial score (nSPS) is 16.4. The smallest absolute Gasteiger partial charge is 0.160 e. The number of ether oxygens (including phenoxy) is 1. The summed E-state index contributed by atoms with van der Waals surface area (Å²) in [5.41, 5.74) is 7.03. The molecule has 16 heavy (non-hydrogen) atoms. The van der Waals surface area contributed by atoms with E-state index >= 15 is 0 Å². The molecule has 2 rings (SSSR count). The number of hydrogen-bond donors (Lipinski definition) is 2. The van der Waals surface area contributed by atoms with Gasteiger partial charge < -0.3 is 15.6 Å². The third-order valence-electron chi connectivity index (χ3n) is 2.92. The average Bonchev–Trinajstić information content (AvgIpc) is 3.01. The zero-order chi connectivity index (χ0) is 10.8. The van der Waals surface area contributed by atoms with E-state index < -0.39 is 0 Å². The molecule has 1 atom stereocenters. The number of benzene rings is 1. The second-order valence-electron chi connectivity index (χ2n) is 4.22. The van der Waals surface area contributed by atoms with Crippen LogP contribution in [0, 0.1) is 5.92 Å². The molecular weight excluding hydrogens is 226 g/mol. The van der Waals surface area contributed by atoms with Crippen LogP contribution in [-0.4, -0.2) is 12.2 Å². The lowest BCUT2D eigenvalue weighted by molar-refractivity contribution is 0.372. The van der Waals surface area contributed by atoms with Gasteiger partial charge in [-0.1, -0.05) is 18.9 Å². The van der Waals surface area contributed by atoms with Crippen LogP contribution in [0.25, 0.3) is 0 Å². The van der Waals surface area contributed by atoms with Crippen LogP contribution in [0.2, 0.25) is 0 Å². The monoisotopic (exact) mass is 243 g/mol. The molecule has 3 nitrogen and oxygen atoms in total. The molecule has 0 bridgehead atoms. The molecule has 1 aliphatic rings. The molecular formula is C12H18ClNO2. The van der Waals surface area contributed by atoms with Crippen molar-refractivity contribution in [2.24, 2.45) is 11.7 Å².